The fourth-order valence-corrected chi connectivity index (χ4v) is 3.83. The van der Waals surface area contributed by atoms with E-state index in [-0.39, 0.29) is 0 Å². The maximum Gasteiger partial charge on any atom is 0.186 e. The standard InChI is InChI=1S/C16H22N3OS/c1-4-9-19(2)10-7-18(8-11-19)16-17-14-6-5-13(20-3)12-15(14)21-16/h4-6,12H,1,7-11H2,2-3H3/q+1. The van der Waals surface area contributed by atoms with Crippen LogP contribution in [0.1, 0.15) is 0 Å². The van der Waals surface area contributed by atoms with Gasteiger partial charge in [-0.2, -0.15) is 0 Å². The van der Waals surface area contributed by atoms with Gasteiger partial charge in [0, 0.05) is 0 Å². The van der Waals surface area contributed by atoms with Crippen molar-refractivity contribution < 1.29 is 9.22 Å². The average Bonchev–Trinajstić information content (AvgIpc) is 2.90. The van der Waals surface area contributed by atoms with Gasteiger partial charge in [0.25, 0.3) is 0 Å². The van der Waals surface area contributed by atoms with Gasteiger partial charge < -0.3 is 14.1 Å². The van der Waals surface area contributed by atoms with Gasteiger partial charge in [0.1, 0.15) is 5.75 Å². The lowest BCUT2D eigenvalue weighted by atomic mass is 10.2. The lowest BCUT2D eigenvalue weighted by molar-refractivity contribution is -0.904. The van der Waals surface area contributed by atoms with Crippen molar-refractivity contribution in [1.29, 1.82) is 0 Å². The Balaban J connectivity index is 1.77. The molecular weight excluding hydrogens is 282 g/mol. The van der Waals surface area contributed by atoms with E-state index in [4.69, 9.17) is 9.72 Å². The number of quaternary nitrogens is 1. The van der Waals surface area contributed by atoms with Gasteiger partial charge in [0.2, 0.25) is 0 Å². The van der Waals surface area contributed by atoms with Gasteiger partial charge in [-0.1, -0.05) is 17.9 Å². The summed E-state index contributed by atoms with van der Waals surface area (Å²) in [5.74, 6) is 0.895. The normalized spacial score (nSPS) is 17.9. The van der Waals surface area contributed by atoms with E-state index in [1.54, 1.807) is 18.4 Å². The Morgan fingerprint density at radius 3 is 2.86 bits per heavy atom. The van der Waals surface area contributed by atoms with Gasteiger partial charge in [-0.15, -0.1) is 0 Å². The van der Waals surface area contributed by atoms with Crippen molar-refractivity contribution in [3.8, 4) is 5.75 Å². The number of hydrogen-bond donors (Lipinski definition) is 0. The van der Waals surface area contributed by atoms with Crippen molar-refractivity contribution in [2.45, 2.75) is 0 Å². The highest BCUT2D eigenvalue weighted by atomic mass is 32.1. The molecule has 4 nitrogen and oxygen atoms in total. The monoisotopic (exact) mass is 304 g/mol. The van der Waals surface area contributed by atoms with Gasteiger partial charge >= 0.3 is 0 Å². The van der Waals surface area contributed by atoms with Crippen LogP contribution in [0.25, 0.3) is 10.2 Å². The highest BCUT2D eigenvalue weighted by molar-refractivity contribution is 7.22. The van der Waals surface area contributed by atoms with Crippen LogP contribution in [0, 0.1) is 0 Å². The third kappa shape index (κ3) is 2.89. The summed E-state index contributed by atoms with van der Waals surface area (Å²) in [6.07, 6.45) is 2.03. The molecule has 0 radical (unpaired) electrons. The first-order chi connectivity index (χ1) is 10.1. The third-order valence-electron chi connectivity index (χ3n) is 4.24. The molecule has 0 aliphatic carbocycles. The van der Waals surface area contributed by atoms with Crippen LogP contribution in [-0.2, 0) is 0 Å². The van der Waals surface area contributed by atoms with Crippen LogP contribution in [0.2, 0.25) is 0 Å². The second kappa shape index (κ2) is 5.66. The SMILES string of the molecule is C=CC[N+]1(C)CCN(c2nc3ccc(OC)cc3s2)CC1. The minimum atomic E-state index is 0.895. The molecule has 3 rings (SSSR count). The first kappa shape index (κ1) is 14.4. The Kier molecular flexibility index (Phi) is 3.87. The van der Waals surface area contributed by atoms with Gasteiger partial charge in [0.05, 0.1) is 57.1 Å². The average molecular weight is 304 g/mol. The number of thiazole rings is 1. The molecule has 0 bridgehead atoms. The molecule has 0 saturated carbocycles. The molecule has 112 valence electrons. The quantitative estimate of drug-likeness (QED) is 0.641. The predicted octanol–water partition coefficient (Wildman–Crippen LogP) is 2.76. The molecule has 0 amide bonds. The number of methoxy groups -OCH3 is 1. The van der Waals surface area contributed by atoms with E-state index in [1.807, 2.05) is 18.2 Å². The largest absolute Gasteiger partial charge is 0.497 e. The van der Waals surface area contributed by atoms with Gasteiger partial charge in [-0.05, 0) is 24.3 Å². The maximum atomic E-state index is 5.28. The summed E-state index contributed by atoms with van der Waals surface area (Å²) in [5, 5.41) is 1.13. The van der Waals surface area contributed by atoms with E-state index in [2.05, 4.69) is 24.6 Å². The van der Waals surface area contributed by atoms with E-state index in [0.717, 1.165) is 53.6 Å². The fraction of sp³-hybridized carbons (Fsp3) is 0.438. The molecule has 1 aromatic carbocycles. The minimum absolute atomic E-state index is 0.895. The molecule has 1 aliphatic rings. The highest BCUT2D eigenvalue weighted by Gasteiger charge is 2.28. The number of aromatic nitrogens is 1. The number of rotatable bonds is 4. The first-order valence-electron chi connectivity index (χ1n) is 7.27. The van der Waals surface area contributed by atoms with Crippen molar-refractivity contribution in [1.82, 2.24) is 4.98 Å². The van der Waals surface area contributed by atoms with E-state index >= 15 is 0 Å². The molecular formula is C16H22N3OS+. The van der Waals surface area contributed by atoms with E-state index < -0.39 is 0 Å². The second-order valence-electron chi connectivity index (χ2n) is 5.86. The van der Waals surface area contributed by atoms with Crippen LogP contribution in [0.4, 0.5) is 5.13 Å². The number of fused-ring (bicyclic) bond motifs is 1. The van der Waals surface area contributed by atoms with Crippen molar-refractivity contribution in [3.05, 3.63) is 30.9 Å². The molecule has 5 heteroatoms. The van der Waals surface area contributed by atoms with Gasteiger partial charge in [0.15, 0.2) is 5.13 Å². The van der Waals surface area contributed by atoms with Crippen LogP contribution < -0.4 is 9.64 Å². The minimum Gasteiger partial charge on any atom is -0.497 e. The van der Waals surface area contributed by atoms with E-state index in [1.165, 1.54) is 4.70 Å². The van der Waals surface area contributed by atoms with E-state index in [9.17, 15) is 0 Å². The summed E-state index contributed by atoms with van der Waals surface area (Å²) >= 11 is 1.75. The zero-order valence-electron chi connectivity index (χ0n) is 12.7. The molecule has 2 heterocycles. The fourth-order valence-electron chi connectivity index (χ4n) is 2.79. The first-order valence-corrected chi connectivity index (χ1v) is 8.09. The Hall–Kier alpha value is -1.59. The molecule has 0 spiro atoms. The zero-order valence-corrected chi connectivity index (χ0v) is 13.5. The van der Waals surface area contributed by atoms with Crippen molar-refractivity contribution in [2.24, 2.45) is 0 Å². The third-order valence-corrected chi connectivity index (χ3v) is 5.32. The summed E-state index contributed by atoms with van der Waals surface area (Å²) < 4.78 is 7.56. The Labute approximate surface area is 129 Å². The Morgan fingerprint density at radius 2 is 2.19 bits per heavy atom. The summed E-state index contributed by atoms with van der Waals surface area (Å²) in [6.45, 7) is 9.32. The highest BCUT2D eigenvalue weighted by Crippen LogP contribution is 2.32. The smallest absolute Gasteiger partial charge is 0.186 e. The van der Waals surface area contributed by atoms with Crippen molar-refractivity contribution in [2.75, 3.05) is 51.8 Å². The molecule has 1 aromatic heterocycles. The second-order valence-corrected chi connectivity index (χ2v) is 6.86. The van der Waals surface area contributed by atoms with Crippen molar-refractivity contribution in [3.63, 3.8) is 0 Å². The van der Waals surface area contributed by atoms with Crippen LogP contribution in [0.5, 0.6) is 5.75 Å². The number of piperazine rings is 1. The zero-order chi connectivity index (χ0) is 14.9. The van der Waals surface area contributed by atoms with E-state index in [0.29, 0.717) is 0 Å². The maximum absolute atomic E-state index is 5.28. The molecule has 0 unspecified atom stereocenters. The number of benzene rings is 1. The number of anilines is 1. The summed E-state index contributed by atoms with van der Waals surface area (Å²) in [5.41, 5.74) is 1.06. The number of nitrogens with zero attached hydrogens (tertiary/aromatic N) is 3. The van der Waals surface area contributed by atoms with Crippen LogP contribution >= 0.6 is 11.3 Å². The number of ether oxygens (including phenoxy) is 1. The van der Waals surface area contributed by atoms with Gasteiger partial charge in [-0.3, -0.25) is 0 Å². The Morgan fingerprint density at radius 1 is 1.43 bits per heavy atom. The number of hydrogen-bond acceptors (Lipinski definition) is 4. The molecule has 0 atom stereocenters. The topological polar surface area (TPSA) is 25.4 Å². The molecule has 21 heavy (non-hydrogen) atoms. The van der Waals surface area contributed by atoms with Gasteiger partial charge in [-0.25, -0.2) is 4.98 Å². The van der Waals surface area contributed by atoms with Crippen molar-refractivity contribution >= 4 is 26.7 Å². The predicted molar refractivity (Wildman–Crippen MR) is 89.4 cm³/mol. The van der Waals surface area contributed by atoms with Crippen LogP contribution in [0.3, 0.4) is 0 Å². The lowest BCUT2D eigenvalue weighted by Gasteiger charge is -2.41. The molecule has 2 aromatic rings. The van der Waals surface area contributed by atoms with Crippen LogP contribution in [-0.4, -0.2) is 56.3 Å². The molecule has 1 aliphatic heterocycles. The molecule has 0 N–H and O–H groups in total. The lowest BCUT2D eigenvalue weighted by Crippen LogP contribution is -2.57. The summed E-state index contributed by atoms with van der Waals surface area (Å²) in [4.78, 5) is 7.17. The number of likely N-dealkylation sites (N-methyl/N-ethyl adjacent to an activating group) is 1. The van der Waals surface area contributed by atoms with Crippen LogP contribution in [0.15, 0.2) is 30.9 Å². The summed E-state index contributed by atoms with van der Waals surface area (Å²) in [6, 6.07) is 6.08. The molecule has 1 fully saturated rings. The molecule has 1 saturated heterocycles. The summed E-state index contributed by atoms with van der Waals surface area (Å²) in [7, 11) is 4.01. The Bertz CT molecular complexity index is 644.